The fourth-order valence-electron chi connectivity index (χ4n) is 4.67. The molecule has 5 rings (SSSR count). The number of carbonyl (C=O) groups excluding carboxylic acids is 2. The smallest absolute Gasteiger partial charge is 0.406 e. The fraction of sp³-hybridized carbons (Fsp3) is 0.321. The van der Waals surface area contributed by atoms with E-state index >= 15 is 0 Å². The molecule has 1 fully saturated rings. The van der Waals surface area contributed by atoms with Gasteiger partial charge in [0.25, 0.3) is 5.91 Å². The molecule has 1 saturated heterocycles. The lowest BCUT2D eigenvalue weighted by Gasteiger charge is -2.39. The summed E-state index contributed by atoms with van der Waals surface area (Å²) in [6.45, 7) is -0.639. The second kappa shape index (κ2) is 13.6. The van der Waals surface area contributed by atoms with Crippen molar-refractivity contribution >= 4 is 48.7 Å². The highest BCUT2D eigenvalue weighted by atomic mass is 32.2. The number of alkyl halides is 6. The zero-order valence-corrected chi connectivity index (χ0v) is 27.0. The van der Waals surface area contributed by atoms with Crippen molar-refractivity contribution < 1.29 is 53.8 Å². The van der Waals surface area contributed by atoms with Gasteiger partial charge in [0.2, 0.25) is 21.8 Å². The number of thiazole rings is 1. The molecule has 0 spiro atoms. The minimum Gasteiger partial charge on any atom is -0.406 e. The monoisotopic (exact) mass is 733 g/mol. The predicted octanol–water partition coefficient (Wildman–Crippen LogP) is 3.78. The van der Waals surface area contributed by atoms with Crippen molar-refractivity contribution in [3.63, 3.8) is 0 Å². The standard InChI is InChI=1S/C28H25F6N7O6S2/c1-39(2)25(43)23-35-14-21-22(37-23)38-26(48-21)40-11-12-41(49(44,45)19-9-7-18(8-10-19)47-28(32,33)34)20(15-40)24(42)36-13-16-3-5-17(6-4-16)46-27(29,30)31/h3-10,14,20H,11-13,15H2,1-2H3,(H,36,42)/t20-/m1/s1. The quantitative estimate of drug-likeness (QED) is 0.252. The third kappa shape index (κ3) is 8.64. The predicted molar refractivity (Wildman–Crippen MR) is 161 cm³/mol. The molecule has 4 aromatic rings. The van der Waals surface area contributed by atoms with E-state index in [1.807, 2.05) is 0 Å². The summed E-state index contributed by atoms with van der Waals surface area (Å²) in [6, 6.07) is 6.76. The first-order valence-electron chi connectivity index (χ1n) is 14.0. The van der Waals surface area contributed by atoms with Crippen LogP contribution in [0.2, 0.25) is 0 Å². The number of halogens is 6. The van der Waals surface area contributed by atoms with E-state index in [1.165, 1.54) is 37.3 Å². The molecule has 0 unspecified atom stereocenters. The van der Waals surface area contributed by atoms with Gasteiger partial charge in [-0.15, -0.1) is 26.3 Å². The zero-order chi connectivity index (χ0) is 35.7. The second-order valence-electron chi connectivity index (χ2n) is 10.6. The molecule has 3 heterocycles. The molecule has 1 N–H and O–H groups in total. The number of sulfonamides is 1. The number of carbonyl (C=O) groups is 2. The Balaban J connectivity index is 1.40. The Kier molecular flexibility index (Phi) is 9.89. The minimum absolute atomic E-state index is 0.0374. The lowest BCUT2D eigenvalue weighted by atomic mass is 10.1. The summed E-state index contributed by atoms with van der Waals surface area (Å²) >= 11 is 1.14. The Morgan fingerprint density at radius 3 is 2.10 bits per heavy atom. The number of aromatic nitrogens is 3. The number of fused-ring (bicyclic) bond motifs is 1. The van der Waals surface area contributed by atoms with Gasteiger partial charge in [0.1, 0.15) is 17.5 Å². The van der Waals surface area contributed by atoms with Gasteiger partial charge in [-0.1, -0.05) is 23.5 Å². The first-order valence-corrected chi connectivity index (χ1v) is 16.3. The van der Waals surface area contributed by atoms with Gasteiger partial charge in [-0.05, 0) is 42.0 Å². The average Bonchev–Trinajstić information content (AvgIpc) is 3.46. The summed E-state index contributed by atoms with van der Waals surface area (Å²) in [6.07, 6.45) is -8.48. The van der Waals surface area contributed by atoms with Crippen molar-refractivity contribution in [2.45, 2.75) is 30.2 Å². The Hall–Kier alpha value is -4.76. The van der Waals surface area contributed by atoms with E-state index in [9.17, 15) is 44.3 Å². The third-order valence-electron chi connectivity index (χ3n) is 6.93. The highest BCUT2D eigenvalue weighted by molar-refractivity contribution is 7.89. The summed E-state index contributed by atoms with van der Waals surface area (Å²) in [4.78, 5) is 41.2. The number of hydrogen-bond acceptors (Lipinski definition) is 11. The van der Waals surface area contributed by atoms with Gasteiger partial charge in [-0.2, -0.15) is 9.29 Å². The molecule has 0 bridgehead atoms. The summed E-state index contributed by atoms with van der Waals surface area (Å²) in [5.74, 6) is -2.44. The van der Waals surface area contributed by atoms with Gasteiger partial charge in [0.05, 0.1) is 15.8 Å². The molecule has 2 aromatic heterocycles. The molecule has 2 aromatic carbocycles. The highest BCUT2D eigenvalue weighted by Crippen LogP contribution is 2.32. The summed E-state index contributed by atoms with van der Waals surface area (Å²) in [7, 11) is -1.41. The number of anilines is 1. The zero-order valence-electron chi connectivity index (χ0n) is 25.3. The lowest BCUT2D eigenvalue weighted by Crippen LogP contribution is -2.60. The Labute approximate surface area is 278 Å². The molecule has 21 heteroatoms. The van der Waals surface area contributed by atoms with Crippen LogP contribution >= 0.6 is 11.3 Å². The average molecular weight is 734 g/mol. The van der Waals surface area contributed by atoms with Crippen LogP contribution in [0.3, 0.4) is 0 Å². The van der Waals surface area contributed by atoms with E-state index in [4.69, 9.17) is 0 Å². The van der Waals surface area contributed by atoms with Crippen molar-refractivity contribution in [1.29, 1.82) is 0 Å². The molecule has 0 aliphatic carbocycles. The van der Waals surface area contributed by atoms with Crippen LogP contribution in [-0.4, -0.2) is 96.9 Å². The summed E-state index contributed by atoms with van der Waals surface area (Å²) in [5, 5.41) is 2.94. The van der Waals surface area contributed by atoms with E-state index in [0.29, 0.717) is 15.4 Å². The summed E-state index contributed by atoms with van der Waals surface area (Å²) in [5.41, 5.74) is 0.577. The topological polar surface area (TPSA) is 147 Å². The number of amides is 2. The first kappa shape index (κ1) is 35.5. The maximum Gasteiger partial charge on any atom is 0.573 e. The number of ether oxygens (including phenoxy) is 2. The number of hydrogen-bond donors (Lipinski definition) is 1. The molecule has 2 amide bonds. The minimum atomic E-state index is -5.00. The molecule has 0 saturated carbocycles. The molecular weight excluding hydrogens is 708 g/mol. The van der Waals surface area contributed by atoms with E-state index in [1.54, 1.807) is 4.90 Å². The maximum atomic E-state index is 13.8. The fourth-order valence-corrected chi connectivity index (χ4v) is 7.15. The van der Waals surface area contributed by atoms with Crippen LogP contribution in [0.15, 0.2) is 59.6 Å². The van der Waals surface area contributed by atoms with Crippen LogP contribution in [0.4, 0.5) is 31.5 Å². The Morgan fingerprint density at radius 1 is 0.939 bits per heavy atom. The van der Waals surface area contributed by atoms with E-state index in [-0.39, 0.29) is 37.7 Å². The van der Waals surface area contributed by atoms with E-state index < -0.39 is 57.0 Å². The maximum absolute atomic E-state index is 13.8. The number of rotatable bonds is 9. The third-order valence-corrected chi connectivity index (χ3v) is 9.89. The number of benzene rings is 2. The molecule has 13 nitrogen and oxygen atoms in total. The molecule has 1 atom stereocenters. The van der Waals surface area contributed by atoms with Crippen LogP contribution in [0.1, 0.15) is 16.2 Å². The first-order chi connectivity index (χ1) is 22.9. The SMILES string of the molecule is CN(C)C(=O)c1ncc2sc(N3CCN(S(=O)(=O)c4ccc(OC(F)(F)F)cc4)[C@@H](C(=O)NCc4ccc(OC(F)(F)F)cc4)C3)nc2n1. The lowest BCUT2D eigenvalue weighted by molar-refractivity contribution is -0.275. The van der Waals surface area contributed by atoms with Crippen molar-refractivity contribution in [2.75, 3.05) is 38.6 Å². The molecule has 1 aliphatic heterocycles. The highest BCUT2D eigenvalue weighted by Gasteiger charge is 2.41. The second-order valence-corrected chi connectivity index (χ2v) is 13.5. The van der Waals surface area contributed by atoms with E-state index in [0.717, 1.165) is 52.0 Å². The molecule has 262 valence electrons. The normalized spacial score (nSPS) is 16.0. The van der Waals surface area contributed by atoms with Crippen LogP contribution in [0.5, 0.6) is 11.5 Å². The van der Waals surface area contributed by atoms with Crippen molar-refractivity contribution in [3.05, 3.63) is 66.1 Å². The van der Waals surface area contributed by atoms with Gasteiger partial charge >= 0.3 is 12.7 Å². The van der Waals surface area contributed by atoms with Gasteiger partial charge in [0, 0.05) is 40.3 Å². The number of piperazine rings is 1. The molecular formula is C28H25F6N7O6S2. The van der Waals surface area contributed by atoms with Crippen molar-refractivity contribution in [1.82, 2.24) is 29.5 Å². The van der Waals surface area contributed by atoms with Crippen LogP contribution in [0, 0.1) is 0 Å². The van der Waals surface area contributed by atoms with Gasteiger partial charge in [-0.25, -0.2) is 18.4 Å². The van der Waals surface area contributed by atoms with E-state index in [2.05, 4.69) is 29.7 Å². The number of nitrogens with zero attached hydrogens (tertiary/aromatic N) is 6. The number of nitrogens with one attached hydrogen (secondary N) is 1. The van der Waals surface area contributed by atoms with Crippen molar-refractivity contribution in [3.8, 4) is 11.5 Å². The van der Waals surface area contributed by atoms with Gasteiger partial charge in [-0.3, -0.25) is 9.59 Å². The largest absolute Gasteiger partial charge is 0.573 e. The van der Waals surface area contributed by atoms with Crippen LogP contribution in [0.25, 0.3) is 10.3 Å². The summed E-state index contributed by atoms with van der Waals surface area (Å²) < 4.78 is 112. The van der Waals surface area contributed by atoms with Crippen molar-refractivity contribution in [2.24, 2.45) is 0 Å². The van der Waals surface area contributed by atoms with Crippen LogP contribution in [-0.2, 0) is 21.4 Å². The van der Waals surface area contributed by atoms with Gasteiger partial charge < -0.3 is 24.6 Å². The molecule has 0 radical (unpaired) electrons. The Morgan fingerprint density at radius 2 is 1.53 bits per heavy atom. The Bertz CT molecular complexity index is 1940. The van der Waals surface area contributed by atoms with Gasteiger partial charge in [0.15, 0.2) is 10.8 Å². The van der Waals surface area contributed by atoms with Crippen LogP contribution < -0.4 is 19.7 Å². The molecule has 1 aliphatic rings. The molecule has 49 heavy (non-hydrogen) atoms.